The van der Waals surface area contributed by atoms with Crippen LogP contribution >= 0.6 is 0 Å². The van der Waals surface area contributed by atoms with Crippen molar-refractivity contribution in [2.45, 2.75) is 6.43 Å². The number of hydrogen-bond acceptors (Lipinski definition) is 2. The van der Waals surface area contributed by atoms with Gasteiger partial charge in [-0.1, -0.05) is 0 Å². The molecule has 0 aliphatic carbocycles. The summed E-state index contributed by atoms with van der Waals surface area (Å²) in [6.07, 6.45) is -0.236. The topological polar surface area (TPSA) is 15.6 Å². The molecule has 0 N–H and O–H groups in total. The Labute approximate surface area is 52.1 Å². The standard InChI is InChI=1S/C5H5F2N2/c1-9-3-4(2-8-9)5(6)7/h4-5H,1H3. The molecule has 1 rings (SSSR count). The van der Waals surface area contributed by atoms with Crippen LogP contribution in [0.15, 0.2) is 5.10 Å². The highest BCUT2D eigenvalue weighted by Gasteiger charge is 2.26. The minimum Gasteiger partial charge on any atom is -0.288 e. The van der Waals surface area contributed by atoms with E-state index in [0.29, 0.717) is 0 Å². The molecular formula is C5H5F2N2. The minimum atomic E-state index is -2.43. The van der Waals surface area contributed by atoms with Crippen LogP contribution in [0.2, 0.25) is 0 Å². The predicted octanol–water partition coefficient (Wildman–Crippen LogP) is 0.715. The number of hydrazone groups is 1. The molecule has 0 amide bonds. The molecule has 3 radical (unpaired) electrons. The van der Waals surface area contributed by atoms with Gasteiger partial charge in [-0.3, -0.25) is 5.01 Å². The van der Waals surface area contributed by atoms with E-state index in [0.717, 1.165) is 0 Å². The van der Waals surface area contributed by atoms with Gasteiger partial charge in [0.1, 0.15) is 6.54 Å². The molecule has 9 heavy (non-hydrogen) atoms. The molecule has 0 saturated carbocycles. The van der Waals surface area contributed by atoms with Crippen molar-refractivity contribution in [3.8, 4) is 0 Å². The number of hydrogen-bond donors (Lipinski definition) is 0. The van der Waals surface area contributed by atoms with Gasteiger partial charge in [0.05, 0.1) is 12.1 Å². The minimum absolute atomic E-state index is 1.03. The number of alkyl halides is 2. The third-order valence-electron chi connectivity index (χ3n) is 0.925. The normalized spacial score (nSPS) is 26.2. The van der Waals surface area contributed by atoms with Crippen LogP contribution in [0.25, 0.3) is 0 Å². The van der Waals surface area contributed by atoms with E-state index in [9.17, 15) is 8.78 Å². The number of nitrogens with zero attached hydrogens (tertiary/aromatic N) is 2. The van der Waals surface area contributed by atoms with Crippen molar-refractivity contribution in [2.75, 3.05) is 7.05 Å². The summed E-state index contributed by atoms with van der Waals surface area (Å²) in [4.78, 5) is 0. The van der Waals surface area contributed by atoms with Crippen molar-refractivity contribution in [3.63, 3.8) is 0 Å². The molecule has 0 bridgehead atoms. The maximum absolute atomic E-state index is 11.7. The van der Waals surface area contributed by atoms with Crippen molar-refractivity contribution >= 4 is 6.21 Å². The summed E-state index contributed by atoms with van der Waals surface area (Å²) >= 11 is 0. The highest BCUT2D eigenvalue weighted by Crippen LogP contribution is 2.17. The summed E-state index contributed by atoms with van der Waals surface area (Å²) in [5.41, 5.74) is 0. The average molecular weight is 131 g/mol. The maximum atomic E-state index is 11.7. The molecule has 0 aromatic heterocycles. The molecule has 2 nitrogen and oxygen atoms in total. The van der Waals surface area contributed by atoms with Gasteiger partial charge in [0.15, 0.2) is 0 Å². The molecule has 1 aliphatic rings. The second-order valence-electron chi connectivity index (χ2n) is 1.69. The van der Waals surface area contributed by atoms with Crippen molar-refractivity contribution in [1.82, 2.24) is 5.01 Å². The van der Waals surface area contributed by atoms with Gasteiger partial charge < -0.3 is 0 Å². The summed E-state index contributed by atoms with van der Waals surface area (Å²) < 4.78 is 23.4. The Hall–Kier alpha value is -0.670. The molecule has 49 valence electrons. The molecule has 1 unspecified atom stereocenters. The van der Waals surface area contributed by atoms with Gasteiger partial charge in [-0.25, -0.2) is 8.78 Å². The lowest BCUT2D eigenvalue weighted by Crippen LogP contribution is -2.13. The Morgan fingerprint density at radius 3 is 2.56 bits per heavy atom. The van der Waals surface area contributed by atoms with E-state index in [4.69, 9.17) is 0 Å². The van der Waals surface area contributed by atoms with E-state index < -0.39 is 12.3 Å². The molecule has 1 atom stereocenters. The fourth-order valence-corrected chi connectivity index (χ4v) is 0.521. The molecule has 0 spiro atoms. The Morgan fingerprint density at radius 2 is 2.33 bits per heavy atom. The van der Waals surface area contributed by atoms with Crippen LogP contribution in [-0.2, 0) is 0 Å². The zero-order chi connectivity index (χ0) is 6.85. The molecule has 1 aliphatic heterocycles. The van der Waals surface area contributed by atoms with E-state index in [1.165, 1.54) is 12.1 Å². The summed E-state index contributed by atoms with van der Waals surface area (Å²) in [6, 6.07) is 0. The van der Waals surface area contributed by atoms with Crippen LogP contribution in [-0.4, -0.2) is 24.7 Å². The molecule has 4 heteroatoms. The summed E-state index contributed by atoms with van der Waals surface area (Å²) in [6.45, 7) is 2.36. The first-order valence-corrected chi connectivity index (χ1v) is 2.44. The molecule has 0 fully saturated rings. The third-order valence-corrected chi connectivity index (χ3v) is 0.925. The highest BCUT2D eigenvalue weighted by atomic mass is 19.3. The highest BCUT2D eigenvalue weighted by molar-refractivity contribution is 5.64. The van der Waals surface area contributed by atoms with Crippen molar-refractivity contribution in [2.24, 2.45) is 11.0 Å². The van der Waals surface area contributed by atoms with Gasteiger partial charge >= 0.3 is 0 Å². The first kappa shape index (κ1) is 6.45. The van der Waals surface area contributed by atoms with Gasteiger partial charge in [-0.2, -0.15) is 5.10 Å². The van der Waals surface area contributed by atoms with Crippen molar-refractivity contribution in [3.05, 3.63) is 6.54 Å². The molecular weight excluding hydrogens is 126 g/mol. The number of halogens is 2. The first-order valence-electron chi connectivity index (χ1n) is 2.44. The lowest BCUT2D eigenvalue weighted by molar-refractivity contribution is 0.117. The van der Waals surface area contributed by atoms with Crippen LogP contribution in [0, 0.1) is 12.5 Å². The van der Waals surface area contributed by atoms with Crippen molar-refractivity contribution < 1.29 is 8.78 Å². The summed E-state index contributed by atoms with van der Waals surface area (Å²) in [7, 11) is 1.54. The van der Waals surface area contributed by atoms with E-state index in [2.05, 4.69) is 17.9 Å². The monoisotopic (exact) mass is 131 g/mol. The lowest BCUT2D eigenvalue weighted by atomic mass is 10.2. The smallest absolute Gasteiger partial charge is 0.249 e. The quantitative estimate of drug-likeness (QED) is 0.511. The largest absolute Gasteiger partial charge is 0.288 e. The predicted molar refractivity (Wildman–Crippen MR) is 27.9 cm³/mol. The van der Waals surface area contributed by atoms with E-state index in [1.54, 1.807) is 0 Å². The Balaban J connectivity index is 2.41. The molecule has 1 heterocycles. The molecule has 0 aromatic carbocycles. The second kappa shape index (κ2) is 2.29. The fourth-order valence-electron chi connectivity index (χ4n) is 0.521. The zero-order valence-corrected chi connectivity index (χ0v) is 4.81. The van der Waals surface area contributed by atoms with Gasteiger partial charge in [-0.15, -0.1) is 0 Å². The van der Waals surface area contributed by atoms with Crippen LogP contribution < -0.4 is 0 Å². The van der Waals surface area contributed by atoms with Gasteiger partial charge in [-0.05, 0) is 0 Å². The first-order chi connectivity index (χ1) is 4.20. The maximum Gasteiger partial charge on any atom is 0.249 e. The van der Waals surface area contributed by atoms with Crippen molar-refractivity contribution in [1.29, 1.82) is 0 Å². The second-order valence-corrected chi connectivity index (χ2v) is 1.69. The van der Waals surface area contributed by atoms with Crippen LogP contribution in [0.5, 0.6) is 0 Å². The van der Waals surface area contributed by atoms with E-state index in [-0.39, 0.29) is 0 Å². The van der Waals surface area contributed by atoms with E-state index >= 15 is 0 Å². The fraction of sp³-hybridized carbons (Fsp3) is 0.600. The SMILES string of the molecule is CN1[C]C(C(F)F)[C]=N1. The van der Waals surface area contributed by atoms with Gasteiger partial charge in [0, 0.05) is 7.05 Å². The van der Waals surface area contributed by atoms with Gasteiger partial charge in [0.2, 0.25) is 6.43 Å². The number of rotatable bonds is 1. The molecule has 0 aromatic rings. The Kier molecular flexibility index (Phi) is 1.64. The van der Waals surface area contributed by atoms with E-state index in [1.807, 2.05) is 0 Å². The Morgan fingerprint density at radius 1 is 1.67 bits per heavy atom. The van der Waals surface area contributed by atoms with Crippen LogP contribution in [0.3, 0.4) is 0 Å². The molecule has 0 saturated heterocycles. The van der Waals surface area contributed by atoms with Crippen LogP contribution in [0.1, 0.15) is 0 Å². The third kappa shape index (κ3) is 1.37. The Bertz CT molecular complexity index is 124. The summed E-state index contributed by atoms with van der Waals surface area (Å²) in [5, 5.41) is 4.64. The van der Waals surface area contributed by atoms with Crippen LogP contribution in [0.4, 0.5) is 8.78 Å². The summed E-state index contributed by atoms with van der Waals surface area (Å²) in [5.74, 6) is -1.03. The van der Waals surface area contributed by atoms with Gasteiger partial charge in [0.25, 0.3) is 0 Å². The average Bonchev–Trinajstić information content (AvgIpc) is 2.14. The lowest BCUT2D eigenvalue weighted by Gasteiger charge is -2.05. The zero-order valence-electron chi connectivity index (χ0n) is 4.81.